The highest BCUT2D eigenvalue weighted by Gasteiger charge is 2.35. The van der Waals surface area contributed by atoms with E-state index < -0.39 is 9.84 Å². The molecule has 5 rings (SSSR count). The van der Waals surface area contributed by atoms with Crippen molar-refractivity contribution in [3.8, 4) is 0 Å². The number of rotatable bonds is 9. The fourth-order valence-electron chi connectivity index (χ4n) is 5.95. The zero-order chi connectivity index (χ0) is 29.1. The van der Waals surface area contributed by atoms with Gasteiger partial charge in [-0.3, -0.25) is 9.69 Å². The number of likely N-dealkylation sites (tertiary alicyclic amines) is 1. The highest BCUT2D eigenvalue weighted by Crippen LogP contribution is 2.39. The van der Waals surface area contributed by atoms with Gasteiger partial charge >= 0.3 is 0 Å². The molecular weight excluding hydrogens is 577 g/mol. The largest absolute Gasteiger partial charge is 0.348 e. The highest BCUT2D eigenvalue weighted by molar-refractivity contribution is 8.00. The van der Waals surface area contributed by atoms with E-state index in [4.69, 9.17) is 23.2 Å². The van der Waals surface area contributed by atoms with Crippen molar-refractivity contribution in [3.05, 3.63) is 111 Å². The van der Waals surface area contributed by atoms with E-state index >= 15 is 0 Å². The molecule has 2 unspecified atom stereocenters. The first-order valence-electron chi connectivity index (χ1n) is 14.0. The number of hydrogen-bond donors (Lipinski definition) is 2. The van der Waals surface area contributed by atoms with Crippen LogP contribution in [0.5, 0.6) is 0 Å². The molecule has 3 aromatic carbocycles. The van der Waals surface area contributed by atoms with Crippen molar-refractivity contribution in [2.45, 2.75) is 44.3 Å². The van der Waals surface area contributed by atoms with Crippen molar-refractivity contribution in [3.63, 3.8) is 0 Å². The summed E-state index contributed by atoms with van der Waals surface area (Å²) in [6, 6.07) is 22.6. The van der Waals surface area contributed by atoms with Gasteiger partial charge in [0.05, 0.1) is 10.9 Å². The van der Waals surface area contributed by atoms with Crippen LogP contribution in [0, 0.1) is 0 Å². The molecule has 6 nitrogen and oxygen atoms in total. The van der Waals surface area contributed by atoms with Gasteiger partial charge in [0.15, 0.2) is 9.84 Å². The van der Waals surface area contributed by atoms with Crippen molar-refractivity contribution >= 4 is 43.9 Å². The van der Waals surface area contributed by atoms with Gasteiger partial charge in [0.2, 0.25) is 0 Å². The van der Waals surface area contributed by atoms with Crippen molar-refractivity contribution in [2.24, 2.45) is 0 Å². The molecule has 216 valence electrons. The molecule has 2 aliphatic rings. The zero-order valence-corrected chi connectivity index (χ0v) is 25.6. The van der Waals surface area contributed by atoms with E-state index in [1.54, 1.807) is 24.3 Å². The van der Waals surface area contributed by atoms with E-state index in [2.05, 4.69) is 22.5 Å². The van der Waals surface area contributed by atoms with Crippen molar-refractivity contribution in [2.75, 3.05) is 25.9 Å². The number of nitrogens with one attached hydrogen (secondary N) is 2. The van der Waals surface area contributed by atoms with Crippen LogP contribution in [-0.2, 0) is 9.84 Å². The van der Waals surface area contributed by atoms with E-state index in [0.717, 1.165) is 42.5 Å². The molecule has 0 spiro atoms. The minimum atomic E-state index is -3.57. The lowest BCUT2D eigenvalue weighted by Gasteiger charge is -2.42. The summed E-state index contributed by atoms with van der Waals surface area (Å²) in [5.74, 6) is -0.189. The maximum Gasteiger partial charge on any atom is 0.251 e. The molecule has 2 atom stereocenters. The van der Waals surface area contributed by atoms with Gasteiger partial charge in [0.1, 0.15) is 0 Å². The molecule has 2 heterocycles. The number of carbonyl (C=O) groups excluding carboxylic acids is 1. The second kappa shape index (κ2) is 12.7. The van der Waals surface area contributed by atoms with Gasteiger partial charge in [-0.05, 0) is 84.5 Å². The lowest BCUT2D eigenvalue weighted by atomic mass is 9.92. The Balaban J connectivity index is 1.42. The fraction of sp³-hybridized carbons (Fsp3) is 0.344. The van der Waals surface area contributed by atoms with Crippen LogP contribution < -0.4 is 10.6 Å². The Hall–Kier alpha value is -2.68. The molecule has 2 N–H and O–H groups in total. The number of hydrogen-bond acceptors (Lipinski definition) is 5. The summed E-state index contributed by atoms with van der Waals surface area (Å²) in [5.41, 5.74) is 3.92. The van der Waals surface area contributed by atoms with Crippen LogP contribution in [0.2, 0.25) is 10.0 Å². The monoisotopic (exact) mass is 611 g/mol. The molecule has 41 heavy (non-hydrogen) atoms. The van der Waals surface area contributed by atoms with E-state index in [0.29, 0.717) is 39.2 Å². The number of benzene rings is 3. The topological polar surface area (TPSA) is 78.5 Å². The number of nitrogens with zero attached hydrogens (tertiary/aromatic N) is 1. The Morgan fingerprint density at radius 2 is 1.56 bits per heavy atom. The lowest BCUT2D eigenvalue weighted by Crippen LogP contribution is -2.47. The van der Waals surface area contributed by atoms with Gasteiger partial charge in [0, 0.05) is 47.0 Å². The minimum absolute atomic E-state index is 0.0271. The SMILES string of the molecule is CCC(NC(=O)c1cccc(C(=C2CN(C(c3ccc(Cl)cc3)c3ccc(Cl)cc3)C2)S(C)(=O)=O)c1)C1CCCN1. The smallest absolute Gasteiger partial charge is 0.251 e. The molecule has 2 fully saturated rings. The predicted molar refractivity (Wildman–Crippen MR) is 167 cm³/mol. The molecule has 3 aromatic rings. The van der Waals surface area contributed by atoms with Crippen LogP contribution in [0.3, 0.4) is 0 Å². The molecule has 0 aromatic heterocycles. The fourth-order valence-corrected chi connectivity index (χ4v) is 7.41. The number of halogens is 2. The first-order chi connectivity index (χ1) is 19.6. The molecule has 2 saturated heterocycles. The molecule has 0 saturated carbocycles. The maximum absolute atomic E-state index is 13.2. The summed E-state index contributed by atoms with van der Waals surface area (Å²) >= 11 is 12.3. The van der Waals surface area contributed by atoms with E-state index in [1.807, 2.05) is 48.5 Å². The summed E-state index contributed by atoms with van der Waals surface area (Å²) in [6.45, 7) is 3.98. The van der Waals surface area contributed by atoms with Gasteiger partial charge in [0.25, 0.3) is 5.91 Å². The summed E-state index contributed by atoms with van der Waals surface area (Å²) in [6.07, 6.45) is 4.19. The average molecular weight is 613 g/mol. The van der Waals surface area contributed by atoms with Crippen molar-refractivity contribution < 1.29 is 13.2 Å². The summed E-state index contributed by atoms with van der Waals surface area (Å²) < 4.78 is 26.2. The molecule has 0 bridgehead atoms. The van der Waals surface area contributed by atoms with Crippen LogP contribution >= 0.6 is 23.2 Å². The van der Waals surface area contributed by atoms with Crippen LogP contribution in [0.15, 0.2) is 78.4 Å². The number of sulfone groups is 1. The molecule has 2 aliphatic heterocycles. The van der Waals surface area contributed by atoms with Crippen molar-refractivity contribution in [1.82, 2.24) is 15.5 Å². The highest BCUT2D eigenvalue weighted by atomic mass is 35.5. The van der Waals surface area contributed by atoms with Gasteiger partial charge in [-0.25, -0.2) is 8.42 Å². The summed E-state index contributed by atoms with van der Waals surface area (Å²) in [7, 11) is -3.57. The Morgan fingerprint density at radius 3 is 2.07 bits per heavy atom. The summed E-state index contributed by atoms with van der Waals surface area (Å²) in [5, 5.41) is 7.93. The lowest BCUT2D eigenvalue weighted by molar-refractivity contribution is 0.0927. The van der Waals surface area contributed by atoms with Crippen LogP contribution in [-0.4, -0.2) is 57.2 Å². The standard InChI is InChI=1S/C32H35Cl2N3O3S/c1-3-28(29-8-5-17-35-29)36-32(38)24-7-4-6-23(18-24)31(41(2,39)40)25-19-37(20-25)30(21-9-13-26(33)14-10-21)22-11-15-27(34)16-12-22/h4,6-7,9-16,18,28-30,35H,3,5,8,17,19-20H2,1-2H3,(H,36,38). The third-order valence-corrected chi connectivity index (χ3v) is 9.71. The molecule has 0 aliphatic carbocycles. The quantitative estimate of drug-likeness (QED) is 0.305. The zero-order valence-electron chi connectivity index (χ0n) is 23.2. The third-order valence-electron chi connectivity index (χ3n) is 7.94. The Kier molecular flexibility index (Phi) is 9.21. The summed E-state index contributed by atoms with van der Waals surface area (Å²) in [4.78, 5) is 15.7. The van der Waals surface area contributed by atoms with Crippen LogP contribution in [0.1, 0.15) is 59.3 Å². The number of amides is 1. The Labute approximate surface area is 252 Å². The van der Waals surface area contributed by atoms with E-state index in [1.165, 1.54) is 6.26 Å². The molecule has 9 heteroatoms. The van der Waals surface area contributed by atoms with Gasteiger partial charge in [-0.1, -0.05) is 66.5 Å². The van der Waals surface area contributed by atoms with Crippen LogP contribution in [0.25, 0.3) is 4.91 Å². The van der Waals surface area contributed by atoms with Crippen LogP contribution in [0.4, 0.5) is 0 Å². The third kappa shape index (κ3) is 6.87. The van der Waals surface area contributed by atoms with Crippen molar-refractivity contribution in [1.29, 1.82) is 0 Å². The number of carbonyl (C=O) groups is 1. The molecule has 0 radical (unpaired) electrons. The molecule has 1 amide bonds. The van der Waals surface area contributed by atoms with Gasteiger partial charge in [-0.2, -0.15) is 0 Å². The maximum atomic E-state index is 13.2. The van der Waals surface area contributed by atoms with E-state index in [-0.39, 0.29) is 24.0 Å². The predicted octanol–water partition coefficient (Wildman–Crippen LogP) is 6.11. The van der Waals surface area contributed by atoms with Gasteiger partial charge in [-0.15, -0.1) is 0 Å². The molecular formula is C32H35Cl2N3O3S. The minimum Gasteiger partial charge on any atom is -0.348 e. The first-order valence-corrected chi connectivity index (χ1v) is 16.6. The Morgan fingerprint density at radius 1 is 0.976 bits per heavy atom. The Bertz CT molecular complexity index is 1480. The first kappa shape index (κ1) is 29.8. The second-order valence-corrected chi connectivity index (χ2v) is 13.7. The van der Waals surface area contributed by atoms with E-state index in [9.17, 15) is 13.2 Å². The normalized spacial score (nSPS) is 18.3. The van der Waals surface area contributed by atoms with Gasteiger partial charge < -0.3 is 10.6 Å². The average Bonchev–Trinajstić information content (AvgIpc) is 3.46. The second-order valence-electron chi connectivity index (χ2n) is 10.9.